The molecule has 2 aromatic rings. The van der Waals surface area contributed by atoms with Crippen LogP contribution in [0.25, 0.3) is 0 Å². The predicted octanol–water partition coefficient (Wildman–Crippen LogP) is 4.26. The quantitative estimate of drug-likeness (QED) is 0.601. The Morgan fingerprint density at radius 1 is 0.828 bits per heavy atom. The molecule has 6 nitrogen and oxygen atoms in total. The zero-order chi connectivity index (χ0) is 20.6. The van der Waals surface area contributed by atoms with Crippen molar-refractivity contribution < 1.29 is 9.84 Å². The molecule has 2 aliphatic rings. The molecule has 2 fully saturated rings. The van der Waals surface area contributed by atoms with Crippen LogP contribution >= 0.6 is 31.9 Å². The Hall–Kier alpha value is -1.22. The van der Waals surface area contributed by atoms with E-state index in [0.29, 0.717) is 6.10 Å². The number of methoxy groups -OCH3 is 1. The Bertz CT molecular complexity index is 764. The molecule has 2 saturated heterocycles. The molecule has 0 unspecified atom stereocenters. The van der Waals surface area contributed by atoms with Gasteiger partial charge in [0.1, 0.15) is 20.8 Å². The van der Waals surface area contributed by atoms with E-state index in [0.717, 1.165) is 72.7 Å². The smallest absolute Gasteiger partial charge is 0.129 e. The van der Waals surface area contributed by atoms with Crippen molar-refractivity contribution in [3.8, 4) is 0 Å². The minimum Gasteiger partial charge on any atom is -0.393 e. The lowest BCUT2D eigenvalue weighted by Crippen LogP contribution is -2.37. The van der Waals surface area contributed by atoms with Gasteiger partial charge in [0.05, 0.1) is 12.2 Å². The highest BCUT2D eigenvalue weighted by Crippen LogP contribution is 2.21. The summed E-state index contributed by atoms with van der Waals surface area (Å²) in [4.78, 5) is 13.3. The summed E-state index contributed by atoms with van der Waals surface area (Å²) in [6.45, 7) is 3.85. The summed E-state index contributed by atoms with van der Waals surface area (Å²) in [5.41, 5.74) is 0. The van der Waals surface area contributed by atoms with Crippen LogP contribution in [-0.4, -0.2) is 60.6 Å². The van der Waals surface area contributed by atoms with Crippen LogP contribution < -0.4 is 9.80 Å². The maximum atomic E-state index is 9.37. The molecule has 0 atom stereocenters. The zero-order valence-corrected chi connectivity index (χ0v) is 19.8. The van der Waals surface area contributed by atoms with E-state index in [1.807, 2.05) is 30.3 Å². The van der Waals surface area contributed by atoms with Gasteiger partial charge < -0.3 is 19.6 Å². The van der Waals surface area contributed by atoms with Gasteiger partial charge in [-0.2, -0.15) is 0 Å². The lowest BCUT2D eigenvalue weighted by molar-refractivity contribution is 0.0818. The van der Waals surface area contributed by atoms with Crippen molar-refractivity contribution in [2.45, 2.75) is 37.9 Å². The Balaban J connectivity index is 0.000000166. The van der Waals surface area contributed by atoms with Crippen molar-refractivity contribution in [2.24, 2.45) is 0 Å². The van der Waals surface area contributed by atoms with Gasteiger partial charge in [-0.15, -0.1) is 0 Å². The van der Waals surface area contributed by atoms with Gasteiger partial charge in [-0.05, 0) is 81.8 Å². The molecule has 2 aromatic heterocycles. The minimum absolute atomic E-state index is 0.126. The number of hydrogen-bond acceptors (Lipinski definition) is 6. The molecule has 29 heavy (non-hydrogen) atoms. The van der Waals surface area contributed by atoms with Gasteiger partial charge in [-0.3, -0.25) is 0 Å². The van der Waals surface area contributed by atoms with Crippen LogP contribution in [0.4, 0.5) is 11.6 Å². The fraction of sp³-hybridized carbons (Fsp3) is 0.524. The first-order valence-electron chi connectivity index (χ1n) is 10.0. The number of aliphatic hydroxyl groups is 1. The summed E-state index contributed by atoms with van der Waals surface area (Å²) in [5.74, 6) is 2.05. The van der Waals surface area contributed by atoms with Crippen LogP contribution in [-0.2, 0) is 4.74 Å². The molecule has 0 aliphatic carbocycles. The number of pyridine rings is 2. The summed E-state index contributed by atoms with van der Waals surface area (Å²) in [5, 5.41) is 9.37. The average molecular weight is 528 g/mol. The SMILES string of the molecule is COC1CCN(c2cccc(Br)n2)CC1.OC1CCN(c2cccc(Br)n2)CC1. The van der Waals surface area contributed by atoms with Crippen LogP contribution in [0.1, 0.15) is 25.7 Å². The monoisotopic (exact) mass is 526 g/mol. The van der Waals surface area contributed by atoms with Crippen molar-refractivity contribution in [3.05, 3.63) is 45.6 Å². The van der Waals surface area contributed by atoms with E-state index in [-0.39, 0.29) is 6.10 Å². The van der Waals surface area contributed by atoms with Crippen molar-refractivity contribution in [2.75, 3.05) is 43.1 Å². The Morgan fingerprint density at radius 3 is 1.69 bits per heavy atom. The second-order valence-electron chi connectivity index (χ2n) is 7.28. The second kappa shape index (κ2) is 11.2. The van der Waals surface area contributed by atoms with E-state index in [1.54, 1.807) is 7.11 Å². The average Bonchev–Trinajstić information content (AvgIpc) is 2.75. The maximum absolute atomic E-state index is 9.37. The molecule has 0 spiro atoms. The first kappa shape index (κ1) is 22.5. The van der Waals surface area contributed by atoms with Crippen LogP contribution in [0.15, 0.2) is 45.6 Å². The van der Waals surface area contributed by atoms with Crippen molar-refractivity contribution >= 4 is 43.5 Å². The predicted molar refractivity (Wildman–Crippen MR) is 124 cm³/mol. The number of aliphatic hydroxyl groups excluding tert-OH is 1. The highest BCUT2D eigenvalue weighted by atomic mass is 79.9. The van der Waals surface area contributed by atoms with Crippen molar-refractivity contribution in [1.82, 2.24) is 9.97 Å². The van der Waals surface area contributed by atoms with E-state index >= 15 is 0 Å². The van der Waals surface area contributed by atoms with Crippen LogP contribution in [0.2, 0.25) is 0 Å². The number of anilines is 2. The molecule has 0 saturated carbocycles. The number of piperidine rings is 2. The van der Waals surface area contributed by atoms with E-state index in [9.17, 15) is 5.11 Å². The molecule has 8 heteroatoms. The normalized spacial score (nSPS) is 18.3. The van der Waals surface area contributed by atoms with Gasteiger partial charge in [-0.1, -0.05) is 12.1 Å². The van der Waals surface area contributed by atoms with Gasteiger partial charge >= 0.3 is 0 Å². The molecular formula is C21H28Br2N4O2. The number of ether oxygens (including phenoxy) is 1. The largest absolute Gasteiger partial charge is 0.393 e. The lowest BCUT2D eigenvalue weighted by Gasteiger charge is -2.32. The second-order valence-corrected chi connectivity index (χ2v) is 8.90. The van der Waals surface area contributed by atoms with Crippen molar-refractivity contribution in [3.63, 3.8) is 0 Å². The highest BCUT2D eigenvalue weighted by molar-refractivity contribution is 9.10. The molecule has 0 bridgehead atoms. The topological polar surface area (TPSA) is 61.7 Å². The molecule has 4 heterocycles. The van der Waals surface area contributed by atoms with E-state index in [1.165, 1.54) is 0 Å². The molecule has 158 valence electrons. The lowest BCUT2D eigenvalue weighted by atomic mass is 10.1. The zero-order valence-electron chi connectivity index (χ0n) is 16.7. The van der Waals surface area contributed by atoms with E-state index in [4.69, 9.17) is 4.74 Å². The summed E-state index contributed by atoms with van der Waals surface area (Å²) in [6, 6.07) is 11.9. The summed E-state index contributed by atoms with van der Waals surface area (Å²) < 4.78 is 7.10. The Kier molecular flexibility index (Phi) is 8.71. The fourth-order valence-electron chi connectivity index (χ4n) is 3.56. The van der Waals surface area contributed by atoms with Gasteiger partial charge in [0.25, 0.3) is 0 Å². The molecule has 0 aromatic carbocycles. The van der Waals surface area contributed by atoms with Crippen LogP contribution in [0.5, 0.6) is 0 Å². The molecule has 0 radical (unpaired) electrons. The van der Waals surface area contributed by atoms with E-state index < -0.39 is 0 Å². The first-order valence-corrected chi connectivity index (χ1v) is 11.6. The standard InChI is InChI=1S/C11H15BrN2O.C10H13BrN2O/c1-15-9-5-7-14(8-6-9)11-4-2-3-10(12)13-11;11-9-2-1-3-10(12-9)13-6-4-8(14)5-7-13/h2-4,9H,5-8H2,1H3;1-3,8,14H,4-7H2. The molecule has 4 rings (SSSR count). The van der Waals surface area contributed by atoms with Gasteiger partial charge in [0, 0.05) is 33.3 Å². The van der Waals surface area contributed by atoms with E-state index in [2.05, 4.69) is 57.7 Å². The Labute approximate surface area is 189 Å². The number of hydrogen-bond donors (Lipinski definition) is 1. The third kappa shape index (κ3) is 6.91. The maximum Gasteiger partial charge on any atom is 0.129 e. The third-order valence-corrected chi connectivity index (χ3v) is 6.17. The summed E-state index contributed by atoms with van der Waals surface area (Å²) in [7, 11) is 1.79. The minimum atomic E-state index is -0.126. The number of nitrogens with zero attached hydrogens (tertiary/aromatic N) is 4. The molecule has 2 aliphatic heterocycles. The van der Waals surface area contributed by atoms with Crippen molar-refractivity contribution in [1.29, 1.82) is 0 Å². The van der Waals surface area contributed by atoms with Gasteiger partial charge in [0.15, 0.2) is 0 Å². The third-order valence-electron chi connectivity index (χ3n) is 5.29. The van der Waals surface area contributed by atoms with Crippen LogP contribution in [0.3, 0.4) is 0 Å². The first-order chi connectivity index (χ1) is 14.0. The fourth-order valence-corrected chi connectivity index (χ4v) is 4.23. The molecule has 0 amide bonds. The van der Waals surface area contributed by atoms with Crippen LogP contribution in [0, 0.1) is 0 Å². The van der Waals surface area contributed by atoms with Gasteiger partial charge in [-0.25, -0.2) is 9.97 Å². The molecule has 1 N–H and O–H groups in total. The Morgan fingerprint density at radius 2 is 1.28 bits per heavy atom. The molecular weight excluding hydrogens is 500 g/mol. The summed E-state index contributed by atoms with van der Waals surface area (Å²) in [6.07, 6.45) is 4.16. The number of rotatable bonds is 3. The van der Waals surface area contributed by atoms with Gasteiger partial charge in [0.2, 0.25) is 0 Å². The number of aromatic nitrogens is 2. The highest BCUT2D eigenvalue weighted by Gasteiger charge is 2.19. The number of halogens is 2. The summed E-state index contributed by atoms with van der Waals surface area (Å²) >= 11 is 6.75.